The average molecular weight is 339 g/mol. The van der Waals surface area contributed by atoms with Crippen molar-refractivity contribution in [3.05, 3.63) is 10.9 Å². The first-order valence-electron chi connectivity index (χ1n) is 7.63. The van der Waals surface area contributed by atoms with E-state index in [9.17, 15) is 9.90 Å². The molecule has 3 heterocycles. The summed E-state index contributed by atoms with van der Waals surface area (Å²) in [5.74, 6) is 0.0126. The van der Waals surface area contributed by atoms with Gasteiger partial charge in [-0.05, 0) is 32.3 Å². The number of nitrogens with zero attached hydrogens (tertiary/aromatic N) is 3. The lowest BCUT2D eigenvalue weighted by Crippen LogP contribution is -2.28. The SMILES string of the molecule is CC(O)CCN(C)C(=O)c1cc2sc(N3CCCC3)nc2s1. The molecule has 0 aromatic carbocycles. The molecule has 1 aliphatic rings. The Balaban J connectivity index is 1.72. The number of anilines is 1. The van der Waals surface area contributed by atoms with Crippen LogP contribution < -0.4 is 4.90 Å². The van der Waals surface area contributed by atoms with Crippen molar-refractivity contribution in [3.63, 3.8) is 0 Å². The number of carbonyl (C=O) groups is 1. The largest absolute Gasteiger partial charge is 0.393 e. The van der Waals surface area contributed by atoms with E-state index in [4.69, 9.17) is 0 Å². The normalized spacial score (nSPS) is 16.4. The Bertz CT molecular complexity index is 627. The van der Waals surface area contributed by atoms with Gasteiger partial charge in [0.2, 0.25) is 0 Å². The third-order valence-electron chi connectivity index (χ3n) is 3.89. The Labute approximate surface area is 138 Å². The first kappa shape index (κ1) is 15.7. The second-order valence-corrected chi connectivity index (χ2v) is 7.87. The molecule has 2 aromatic heterocycles. The molecule has 1 N–H and O–H groups in total. The highest BCUT2D eigenvalue weighted by Gasteiger charge is 2.20. The fourth-order valence-corrected chi connectivity index (χ4v) is 4.80. The van der Waals surface area contributed by atoms with Crippen LogP contribution >= 0.6 is 22.7 Å². The molecule has 3 rings (SSSR count). The summed E-state index contributed by atoms with van der Waals surface area (Å²) in [5, 5.41) is 10.4. The van der Waals surface area contributed by atoms with Crippen molar-refractivity contribution in [2.45, 2.75) is 32.3 Å². The lowest BCUT2D eigenvalue weighted by molar-refractivity contribution is 0.0774. The number of hydrogen-bond acceptors (Lipinski definition) is 6. The summed E-state index contributed by atoms with van der Waals surface area (Å²) in [6.45, 7) is 4.49. The molecule has 7 heteroatoms. The molecule has 1 atom stereocenters. The zero-order valence-corrected chi connectivity index (χ0v) is 14.5. The second-order valence-electron chi connectivity index (χ2n) is 5.84. The van der Waals surface area contributed by atoms with Crippen LogP contribution in [0.15, 0.2) is 6.07 Å². The van der Waals surface area contributed by atoms with Gasteiger partial charge in [0.15, 0.2) is 5.13 Å². The average Bonchev–Trinajstić information content (AvgIpc) is 3.17. The van der Waals surface area contributed by atoms with Crippen molar-refractivity contribution in [1.29, 1.82) is 0 Å². The van der Waals surface area contributed by atoms with Crippen LogP contribution in [0.2, 0.25) is 0 Å². The standard InChI is InChI=1S/C15H21N3O2S2/c1-10(19)5-8-17(2)14(20)12-9-11-13(21-12)16-15(22-11)18-6-3-4-7-18/h9-10,19H,3-8H2,1-2H3. The van der Waals surface area contributed by atoms with E-state index >= 15 is 0 Å². The summed E-state index contributed by atoms with van der Waals surface area (Å²) in [6, 6.07) is 1.96. The van der Waals surface area contributed by atoms with Crippen molar-refractivity contribution in [3.8, 4) is 0 Å². The Morgan fingerprint density at radius 2 is 2.18 bits per heavy atom. The molecule has 0 spiro atoms. The molecular weight excluding hydrogens is 318 g/mol. The van der Waals surface area contributed by atoms with Crippen LogP contribution in [-0.4, -0.2) is 53.7 Å². The van der Waals surface area contributed by atoms with Crippen molar-refractivity contribution in [2.75, 3.05) is 31.6 Å². The smallest absolute Gasteiger partial charge is 0.263 e. The number of aromatic nitrogens is 1. The van der Waals surface area contributed by atoms with Crippen molar-refractivity contribution >= 4 is 43.2 Å². The highest BCUT2D eigenvalue weighted by Crippen LogP contribution is 2.36. The minimum Gasteiger partial charge on any atom is -0.393 e. The summed E-state index contributed by atoms with van der Waals surface area (Å²) in [4.78, 5) is 22.8. The third kappa shape index (κ3) is 3.26. The summed E-state index contributed by atoms with van der Waals surface area (Å²) in [6.07, 6.45) is 2.70. The molecule has 1 unspecified atom stereocenters. The van der Waals surface area contributed by atoms with Crippen LogP contribution in [0.4, 0.5) is 5.13 Å². The van der Waals surface area contributed by atoms with Gasteiger partial charge in [0.05, 0.1) is 15.7 Å². The summed E-state index contributed by atoms with van der Waals surface area (Å²) in [7, 11) is 1.78. The molecule has 22 heavy (non-hydrogen) atoms. The van der Waals surface area contributed by atoms with Gasteiger partial charge in [0.1, 0.15) is 4.83 Å². The van der Waals surface area contributed by atoms with Crippen LogP contribution in [0.1, 0.15) is 35.9 Å². The highest BCUT2D eigenvalue weighted by atomic mass is 32.1. The molecule has 0 bridgehead atoms. The molecule has 5 nitrogen and oxygen atoms in total. The lowest BCUT2D eigenvalue weighted by atomic mass is 10.2. The van der Waals surface area contributed by atoms with Crippen LogP contribution in [-0.2, 0) is 0 Å². The summed E-state index contributed by atoms with van der Waals surface area (Å²) < 4.78 is 1.10. The molecule has 1 amide bonds. The van der Waals surface area contributed by atoms with E-state index < -0.39 is 0 Å². The fraction of sp³-hybridized carbons (Fsp3) is 0.600. The monoisotopic (exact) mass is 339 g/mol. The van der Waals surface area contributed by atoms with Gasteiger partial charge in [0.25, 0.3) is 5.91 Å². The molecule has 2 aromatic rings. The van der Waals surface area contributed by atoms with Crippen molar-refractivity contribution in [1.82, 2.24) is 9.88 Å². The van der Waals surface area contributed by atoms with Gasteiger partial charge in [-0.1, -0.05) is 11.3 Å². The van der Waals surface area contributed by atoms with Crippen LogP contribution in [0, 0.1) is 0 Å². The summed E-state index contributed by atoms with van der Waals surface area (Å²) in [5.41, 5.74) is 0. The molecule has 1 fully saturated rings. The van der Waals surface area contributed by atoms with Gasteiger partial charge in [-0.3, -0.25) is 4.79 Å². The van der Waals surface area contributed by atoms with Gasteiger partial charge in [-0.15, -0.1) is 11.3 Å². The minimum atomic E-state index is -0.383. The Hall–Kier alpha value is -1.18. The van der Waals surface area contributed by atoms with E-state index in [2.05, 4.69) is 9.88 Å². The van der Waals surface area contributed by atoms with E-state index in [1.807, 2.05) is 6.07 Å². The maximum Gasteiger partial charge on any atom is 0.263 e. The van der Waals surface area contributed by atoms with Gasteiger partial charge < -0.3 is 14.9 Å². The van der Waals surface area contributed by atoms with Gasteiger partial charge in [-0.2, -0.15) is 0 Å². The maximum absolute atomic E-state index is 12.4. The number of thiazole rings is 1. The number of carbonyl (C=O) groups excluding carboxylic acids is 1. The number of hydrogen-bond donors (Lipinski definition) is 1. The fourth-order valence-electron chi connectivity index (χ4n) is 2.54. The number of rotatable bonds is 5. The van der Waals surface area contributed by atoms with Crippen LogP contribution in [0.5, 0.6) is 0 Å². The topological polar surface area (TPSA) is 56.7 Å². The predicted molar refractivity (Wildman–Crippen MR) is 92.2 cm³/mol. The first-order valence-corrected chi connectivity index (χ1v) is 9.27. The molecule has 0 radical (unpaired) electrons. The first-order chi connectivity index (χ1) is 10.5. The molecule has 1 aliphatic heterocycles. The van der Waals surface area contributed by atoms with Gasteiger partial charge in [-0.25, -0.2) is 4.98 Å². The maximum atomic E-state index is 12.4. The van der Waals surface area contributed by atoms with E-state index in [0.29, 0.717) is 13.0 Å². The lowest BCUT2D eigenvalue weighted by Gasteiger charge is -2.16. The zero-order chi connectivity index (χ0) is 15.7. The minimum absolute atomic E-state index is 0.0126. The molecule has 0 saturated carbocycles. The molecule has 0 aliphatic carbocycles. The van der Waals surface area contributed by atoms with E-state index in [1.165, 1.54) is 24.2 Å². The van der Waals surface area contributed by atoms with Gasteiger partial charge in [0, 0.05) is 26.7 Å². The quantitative estimate of drug-likeness (QED) is 0.910. The number of aliphatic hydroxyl groups excluding tert-OH is 1. The Kier molecular flexibility index (Phi) is 4.65. The number of aliphatic hydroxyl groups is 1. The third-order valence-corrected chi connectivity index (χ3v) is 6.10. The Morgan fingerprint density at radius 3 is 2.82 bits per heavy atom. The number of thiophene rings is 1. The van der Waals surface area contributed by atoms with Gasteiger partial charge >= 0.3 is 0 Å². The van der Waals surface area contributed by atoms with E-state index in [0.717, 1.165) is 32.6 Å². The molecule has 120 valence electrons. The van der Waals surface area contributed by atoms with Crippen LogP contribution in [0.3, 0.4) is 0 Å². The zero-order valence-electron chi connectivity index (χ0n) is 12.9. The molecular formula is C15H21N3O2S2. The van der Waals surface area contributed by atoms with Crippen molar-refractivity contribution in [2.24, 2.45) is 0 Å². The van der Waals surface area contributed by atoms with Crippen LogP contribution in [0.25, 0.3) is 9.53 Å². The summed E-state index contributed by atoms with van der Waals surface area (Å²) >= 11 is 3.14. The number of fused-ring (bicyclic) bond motifs is 1. The molecule has 1 saturated heterocycles. The van der Waals surface area contributed by atoms with E-state index in [-0.39, 0.29) is 12.0 Å². The van der Waals surface area contributed by atoms with E-state index in [1.54, 1.807) is 30.2 Å². The van der Waals surface area contributed by atoms with Crippen molar-refractivity contribution < 1.29 is 9.90 Å². The Morgan fingerprint density at radius 1 is 1.45 bits per heavy atom. The highest BCUT2D eigenvalue weighted by molar-refractivity contribution is 7.29. The second kappa shape index (κ2) is 6.52. The number of amides is 1. The predicted octanol–water partition coefficient (Wildman–Crippen LogP) is 2.80.